The van der Waals surface area contributed by atoms with Crippen molar-refractivity contribution < 1.29 is 4.74 Å². The van der Waals surface area contributed by atoms with Crippen molar-refractivity contribution in [2.45, 2.75) is 18.9 Å². The summed E-state index contributed by atoms with van der Waals surface area (Å²) in [6.07, 6.45) is 2.48. The van der Waals surface area contributed by atoms with Crippen LogP contribution in [-0.4, -0.2) is 51.1 Å². The van der Waals surface area contributed by atoms with E-state index in [2.05, 4.69) is 16.8 Å². The van der Waals surface area contributed by atoms with Crippen LogP contribution in [0.25, 0.3) is 0 Å². The molecule has 0 amide bonds. The van der Waals surface area contributed by atoms with Gasteiger partial charge in [-0.3, -0.25) is 5.41 Å². The fourth-order valence-electron chi connectivity index (χ4n) is 2.81. The van der Waals surface area contributed by atoms with Crippen molar-refractivity contribution in [3.05, 3.63) is 23.8 Å². The Balaban J connectivity index is 2.22. The second-order valence-corrected chi connectivity index (χ2v) is 5.45. The first-order chi connectivity index (χ1) is 9.52. The van der Waals surface area contributed by atoms with Gasteiger partial charge in [-0.25, -0.2) is 0 Å². The van der Waals surface area contributed by atoms with Crippen molar-refractivity contribution in [1.82, 2.24) is 4.90 Å². The van der Waals surface area contributed by atoms with E-state index in [-0.39, 0.29) is 5.84 Å². The van der Waals surface area contributed by atoms with Crippen LogP contribution >= 0.6 is 0 Å². The van der Waals surface area contributed by atoms with E-state index in [9.17, 15) is 0 Å². The van der Waals surface area contributed by atoms with Crippen molar-refractivity contribution in [3.63, 3.8) is 0 Å². The molecule has 0 spiro atoms. The fraction of sp³-hybridized carbons (Fsp3) is 0.533. The number of nitrogens with zero attached hydrogens (tertiary/aromatic N) is 2. The van der Waals surface area contributed by atoms with Crippen LogP contribution in [0.3, 0.4) is 0 Å². The number of benzene rings is 1. The van der Waals surface area contributed by atoms with Gasteiger partial charge in [-0.1, -0.05) is 0 Å². The van der Waals surface area contributed by atoms with Gasteiger partial charge in [0.1, 0.15) is 11.6 Å². The van der Waals surface area contributed by atoms with E-state index in [1.165, 1.54) is 12.8 Å². The molecule has 0 radical (unpaired) electrons. The predicted octanol–water partition coefficient (Wildman–Crippen LogP) is 1.51. The van der Waals surface area contributed by atoms with E-state index in [0.29, 0.717) is 6.04 Å². The molecule has 0 aliphatic carbocycles. The van der Waals surface area contributed by atoms with Crippen LogP contribution in [0, 0.1) is 5.41 Å². The molecule has 1 saturated heterocycles. The number of ether oxygens (including phenoxy) is 1. The quantitative estimate of drug-likeness (QED) is 0.632. The van der Waals surface area contributed by atoms with Gasteiger partial charge in [0.05, 0.1) is 12.8 Å². The van der Waals surface area contributed by atoms with E-state index in [1.54, 1.807) is 7.11 Å². The predicted molar refractivity (Wildman–Crippen MR) is 82.9 cm³/mol. The second kappa shape index (κ2) is 6.13. The van der Waals surface area contributed by atoms with E-state index >= 15 is 0 Å². The number of nitrogens with two attached hydrogens (primary N) is 1. The zero-order valence-electron chi connectivity index (χ0n) is 12.5. The van der Waals surface area contributed by atoms with E-state index < -0.39 is 0 Å². The summed E-state index contributed by atoms with van der Waals surface area (Å²) in [6, 6.07) is 6.21. The van der Waals surface area contributed by atoms with Crippen LogP contribution in [0.15, 0.2) is 18.2 Å². The third-order valence-electron chi connectivity index (χ3n) is 4.06. The number of likely N-dealkylation sites (N-methyl/N-ethyl adjacent to an activating group) is 2. The summed E-state index contributed by atoms with van der Waals surface area (Å²) < 4.78 is 5.28. The molecule has 0 saturated carbocycles. The highest BCUT2D eigenvalue weighted by molar-refractivity contribution is 6.00. The Morgan fingerprint density at radius 2 is 2.30 bits per heavy atom. The monoisotopic (exact) mass is 276 g/mol. The Hall–Kier alpha value is -1.75. The lowest BCUT2D eigenvalue weighted by Crippen LogP contribution is -2.37. The molecule has 0 aromatic heterocycles. The Morgan fingerprint density at radius 3 is 2.85 bits per heavy atom. The lowest BCUT2D eigenvalue weighted by atomic mass is 10.1. The van der Waals surface area contributed by atoms with Crippen LogP contribution in [0.5, 0.6) is 5.75 Å². The zero-order chi connectivity index (χ0) is 14.7. The minimum Gasteiger partial charge on any atom is -0.497 e. The third-order valence-corrected chi connectivity index (χ3v) is 4.06. The minimum absolute atomic E-state index is 0.0919. The summed E-state index contributed by atoms with van der Waals surface area (Å²) >= 11 is 0. The average molecular weight is 276 g/mol. The van der Waals surface area contributed by atoms with Crippen LogP contribution in [0.1, 0.15) is 18.4 Å². The van der Waals surface area contributed by atoms with Gasteiger partial charge in [-0.15, -0.1) is 0 Å². The molecule has 5 heteroatoms. The van der Waals surface area contributed by atoms with Gasteiger partial charge >= 0.3 is 0 Å². The first-order valence-corrected chi connectivity index (χ1v) is 6.96. The van der Waals surface area contributed by atoms with Crippen LogP contribution < -0.4 is 15.4 Å². The molecular weight excluding hydrogens is 252 g/mol. The lowest BCUT2D eigenvalue weighted by Gasteiger charge is -2.29. The van der Waals surface area contributed by atoms with Crippen molar-refractivity contribution >= 4 is 11.5 Å². The molecule has 20 heavy (non-hydrogen) atoms. The molecular formula is C15H24N4O. The third kappa shape index (κ3) is 3.04. The van der Waals surface area contributed by atoms with E-state index in [1.807, 2.05) is 25.2 Å². The molecule has 5 nitrogen and oxygen atoms in total. The molecule has 1 aliphatic rings. The summed E-state index contributed by atoms with van der Waals surface area (Å²) in [5.41, 5.74) is 7.40. The standard InChI is InChI=1S/C15H24N4O/c1-18-8-4-5-11(18)10-19(2)14-9-12(20-3)6-7-13(14)15(16)17/h6-7,9,11H,4-5,8,10H2,1-3H3,(H3,16,17). The van der Waals surface area contributed by atoms with Gasteiger partial charge in [0, 0.05) is 31.3 Å². The maximum atomic E-state index is 7.72. The van der Waals surface area contributed by atoms with Crippen molar-refractivity contribution in [2.75, 3.05) is 39.2 Å². The van der Waals surface area contributed by atoms with E-state index in [4.69, 9.17) is 15.9 Å². The molecule has 1 aromatic carbocycles. The molecule has 1 unspecified atom stereocenters. The Kier molecular flexibility index (Phi) is 4.49. The largest absolute Gasteiger partial charge is 0.497 e. The molecule has 2 rings (SSSR count). The van der Waals surface area contributed by atoms with Gasteiger partial charge in [-0.05, 0) is 38.6 Å². The van der Waals surface area contributed by atoms with Gasteiger partial charge in [0.25, 0.3) is 0 Å². The molecule has 0 bridgehead atoms. The molecule has 3 N–H and O–H groups in total. The lowest BCUT2D eigenvalue weighted by molar-refractivity contribution is 0.314. The highest BCUT2D eigenvalue weighted by Gasteiger charge is 2.23. The Morgan fingerprint density at radius 1 is 1.55 bits per heavy atom. The van der Waals surface area contributed by atoms with Crippen molar-refractivity contribution in [1.29, 1.82) is 5.41 Å². The van der Waals surface area contributed by atoms with Crippen LogP contribution in [0.2, 0.25) is 0 Å². The summed E-state index contributed by atoms with van der Waals surface area (Å²) in [4.78, 5) is 4.57. The van der Waals surface area contributed by atoms with Gasteiger partial charge in [-0.2, -0.15) is 0 Å². The highest BCUT2D eigenvalue weighted by Crippen LogP contribution is 2.26. The first kappa shape index (κ1) is 14.7. The normalized spacial score (nSPS) is 19.1. The maximum Gasteiger partial charge on any atom is 0.124 e. The smallest absolute Gasteiger partial charge is 0.124 e. The van der Waals surface area contributed by atoms with Gasteiger partial charge in [0.2, 0.25) is 0 Å². The molecule has 1 heterocycles. The maximum absolute atomic E-state index is 7.72. The number of hydrogen-bond donors (Lipinski definition) is 2. The second-order valence-electron chi connectivity index (χ2n) is 5.45. The van der Waals surface area contributed by atoms with Crippen molar-refractivity contribution in [3.8, 4) is 5.75 Å². The summed E-state index contributed by atoms with van der Waals surface area (Å²) in [7, 11) is 5.87. The number of likely N-dealkylation sites (tertiary alicyclic amines) is 1. The number of methoxy groups -OCH3 is 1. The van der Waals surface area contributed by atoms with Gasteiger partial charge < -0.3 is 20.3 Å². The molecule has 1 aromatic rings. The minimum atomic E-state index is 0.0919. The summed E-state index contributed by atoms with van der Waals surface area (Å²) in [5, 5.41) is 7.72. The summed E-state index contributed by atoms with van der Waals surface area (Å²) in [6.45, 7) is 2.10. The molecule has 1 atom stereocenters. The molecule has 110 valence electrons. The number of nitrogen functional groups attached to an aromatic ring is 1. The molecule has 1 fully saturated rings. The topological polar surface area (TPSA) is 65.6 Å². The number of hydrogen-bond acceptors (Lipinski definition) is 4. The van der Waals surface area contributed by atoms with E-state index in [0.717, 1.165) is 30.1 Å². The first-order valence-electron chi connectivity index (χ1n) is 6.96. The summed E-state index contributed by atoms with van der Waals surface area (Å²) in [5.74, 6) is 0.880. The Bertz CT molecular complexity index is 489. The zero-order valence-corrected chi connectivity index (χ0v) is 12.5. The average Bonchev–Trinajstić information content (AvgIpc) is 2.83. The van der Waals surface area contributed by atoms with Crippen molar-refractivity contribution in [2.24, 2.45) is 5.73 Å². The van der Waals surface area contributed by atoms with Crippen LogP contribution in [-0.2, 0) is 0 Å². The SMILES string of the molecule is COc1ccc(C(=N)N)c(N(C)CC2CCCN2C)c1. The van der Waals surface area contributed by atoms with Crippen LogP contribution in [0.4, 0.5) is 5.69 Å². The fourth-order valence-corrected chi connectivity index (χ4v) is 2.81. The number of amidine groups is 1. The Labute approximate surface area is 120 Å². The number of anilines is 1. The highest BCUT2D eigenvalue weighted by atomic mass is 16.5. The van der Waals surface area contributed by atoms with Gasteiger partial charge in [0.15, 0.2) is 0 Å². The molecule has 1 aliphatic heterocycles. The number of nitrogens with one attached hydrogen (secondary N) is 1. The number of rotatable bonds is 5.